The number of methoxy groups -OCH3 is 1. The summed E-state index contributed by atoms with van der Waals surface area (Å²) in [5, 5.41) is 0. The minimum atomic E-state index is -2.59. The summed E-state index contributed by atoms with van der Waals surface area (Å²) in [5.74, 6) is 0.263. The topological polar surface area (TPSA) is 48.1 Å². The van der Waals surface area contributed by atoms with Crippen LogP contribution in [0.25, 0.3) is 0 Å². The van der Waals surface area contributed by atoms with Crippen molar-refractivity contribution in [1.82, 2.24) is 4.98 Å². The van der Waals surface area contributed by atoms with Gasteiger partial charge < -0.3 is 10.5 Å². The largest absolute Gasteiger partial charge is 0.496 e. The lowest BCUT2D eigenvalue weighted by Crippen LogP contribution is -2.01. The Labute approximate surface area is 74.5 Å². The summed E-state index contributed by atoms with van der Waals surface area (Å²) in [6.45, 7) is 1.47. The van der Waals surface area contributed by atoms with Crippen LogP contribution < -0.4 is 10.5 Å². The zero-order valence-corrected chi connectivity index (χ0v) is 7.34. The van der Waals surface area contributed by atoms with E-state index in [0.717, 1.165) is 0 Å². The van der Waals surface area contributed by atoms with Crippen LogP contribution in [0.4, 0.5) is 14.6 Å². The number of rotatable bonds is 2. The monoisotopic (exact) mass is 188 g/mol. The van der Waals surface area contributed by atoms with E-state index < -0.39 is 6.43 Å². The molecule has 2 N–H and O–H groups in total. The van der Waals surface area contributed by atoms with Crippen LogP contribution in [0.1, 0.15) is 17.7 Å². The maximum Gasteiger partial charge on any atom is 0.269 e. The van der Waals surface area contributed by atoms with Crippen molar-refractivity contribution in [1.29, 1.82) is 0 Å². The van der Waals surface area contributed by atoms with Crippen LogP contribution in [0.5, 0.6) is 5.75 Å². The van der Waals surface area contributed by atoms with Gasteiger partial charge in [0.05, 0.1) is 18.4 Å². The first-order chi connectivity index (χ1) is 6.06. The molecule has 0 amide bonds. The molecule has 0 unspecified atom stereocenters. The predicted octanol–water partition coefficient (Wildman–Crippen LogP) is 1.92. The van der Waals surface area contributed by atoms with Gasteiger partial charge in [0.1, 0.15) is 11.6 Å². The number of nitrogen functional groups attached to an aromatic ring is 1. The quantitative estimate of drug-likeness (QED) is 0.771. The molecule has 13 heavy (non-hydrogen) atoms. The summed E-state index contributed by atoms with van der Waals surface area (Å²) >= 11 is 0. The second-order valence-electron chi connectivity index (χ2n) is 2.55. The Bertz CT molecular complexity index is 315. The first-order valence-corrected chi connectivity index (χ1v) is 3.65. The van der Waals surface area contributed by atoms with Crippen LogP contribution in [-0.2, 0) is 0 Å². The van der Waals surface area contributed by atoms with E-state index in [4.69, 9.17) is 10.5 Å². The molecule has 0 bridgehead atoms. The summed E-state index contributed by atoms with van der Waals surface area (Å²) in [6.07, 6.45) is -2.59. The molecule has 0 aliphatic heterocycles. The number of anilines is 1. The van der Waals surface area contributed by atoms with E-state index in [1.54, 1.807) is 0 Å². The lowest BCUT2D eigenvalue weighted by atomic mass is 10.2. The van der Waals surface area contributed by atoms with Gasteiger partial charge in [-0.15, -0.1) is 0 Å². The first kappa shape index (κ1) is 9.70. The van der Waals surface area contributed by atoms with Gasteiger partial charge >= 0.3 is 0 Å². The van der Waals surface area contributed by atoms with Crippen molar-refractivity contribution in [2.45, 2.75) is 13.3 Å². The highest BCUT2D eigenvalue weighted by atomic mass is 19.3. The maximum absolute atomic E-state index is 12.4. The summed E-state index contributed by atoms with van der Waals surface area (Å²) in [6, 6.07) is 1.29. The number of nitrogens with zero attached hydrogens (tertiary/aromatic N) is 1. The Kier molecular flexibility index (Phi) is 2.65. The molecule has 0 spiro atoms. The number of pyridine rings is 1. The molecule has 0 aliphatic rings. The van der Waals surface area contributed by atoms with E-state index in [0.29, 0.717) is 0 Å². The van der Waals surface area contributed by atoms with Crippen LogP contribution >= 0.6 is 0 Å². The minimum Gasteiger partial charge on any atom is -0.496 e. The molecule has 0 saturated carbocycles. The maximum atomic E-state index is 12.4. The molecule has 0 atom stereocenters. The molecule has 1 heterocycles. The molecule has 0 saturated heterocycles. The number of halogens is 2. The summed E-state index contributed by atoms with van der Waals surface area (Å²) in [4.78, 5) is 3.72. The van der Waals surface area contributed by atoms with Crippen LogP contribution in [0.3, 0.4) is 0 Å². The molecule has 1 rings (SSSR count). The number of ether oxygens (including phenoxy) is 1. The Morgan fingerprint density at radius 3 is 2.62 bits per heavy atom. The van der Waals surface area contributed by atoms with Gasteiger partial charge in [0, 0.05) is 6.07 Å². The van der Waals surface area contributed by atoms with E-state index in [-0.39, 0.29) is 22.8 Å². The van der Waals surface area contributed by atoms with Crippen molar-refractivity contribution in [3.05, 3.63) is 17.3 Å². The van der Waals surface area contributed by atoms with Crippen LogP contribution in [-0.4, -0.2) is 12.1 Å². The van der Waals surface area contributed by atoms with Crippen molar-refractivity contribution in [2.24, 2.45) is 0 Å². The summed E-state index contributed by atoms with van der Waals surface area (Å²) < 4.78 is 29.7. The van der Waals surface area contributed by atoms with Gasteiger partial charge in [-0.25, -0.2) is 13.8 Å². The fraction of sp³-hybridized carbons (Fsp3) is 0.375. The van der Waals surface area contributed by atoms with E-state index in [9.17, 15) is 8.78 Å². The number of hydrogen-bond donors (Lipinski definition) is 1. The third-order valence-electron chi connectivity index (χ3n) is 1.67. The van der Waals surface area contributed by atoms with E-state index >= 15 is 0 Å². The molecule has 5 heteroatoms. The van der Waals surface area contributed by atoms with Crippen molar-refractivity contribution in [2.75, 3.05) is 12.8 Å². The molecule has 0 fully saturated rings. The Morgan fingerprint density at radius 1 is 1.54 bits per heavy atom. The second-order valence-corrected chi connectivity index (χ2v) is 2.55. The highest BCUT2D eigenvalue weighted by Gasteiger charge is 2.18. The zero-order valence-electron chi connectivity index (χ0n) is 7.34. The number of hydrogen-bond acceptors (Lipinski definition) is 3. The average Bonchev–Trinajstić information content (AvgIpc) is 2.01. The standard InChI is InChI=1S/C8H10F2N2O/c1-4-7(8(9)10)5(13-2)3-6(11)12-4/h3,8H,1-2H3,(H2,11,12). The second kappa shape index (κ2) is 3.55. The number of nitrogens with two attached hydrogens (primary N) is 1. The molecular formula is C8H10F2N2O. The summed E-state index contributed by atoms with van der Waals surface area (Å²) in [5.41, 5.74) is 5.37. The molecule has 1 aromatic rings. The van der Waals surface area contributed by atoms with Crippen molar-refractivity contribution in [3.63, 3.8) is 0 Å². The van der Waals surface area contributed by atoms with Gasteiger partial charge in [0.15, 0.2) is 0 Å². The predicted molar refractivity (Wildman–Crippen MR) is 44.9 cm³/mol. The van der Waals surface area contributed by atoms with Crippen LogP contribution in [0.2, 0.25) is 0 Å². The van der Waals surface area contributed by atoms with Crippen molar-refractivity contribution in [3.8, 4) is 5.75 Å². The lowest BCUT2D eigenvalue weighted by Gasteiger charge is -2.10. The highest BCUT2D eigenvalue weighted by Crippen LogP contribution is 2.31. The van der Waals surface area contributed by atoms with E-state index in [2.05, 4.69) is 4.98 Å². The zero-order chi connectivity index (χ0) is 10.0. The molecule has 0 aliphatic carbocycles. The molecule has 0 aromatic carbocycles. The third-order valence-corrected chi connectivity index (χ3v) is 1.67. The third kappa shape index (κ3) is 1.85. The number of aryl methyl sites for hydroxylation is 1. The molecule has 1 aromatic heterocycles. The van der Waals surface area contributed by atoms with E-state index in [1.807, 2.05) is 0 Å². The lowest BCUT2D eigenvalue weighted by molar-refractivity contribution is 0.145. The van der Waals surface area contributed by atoms with Crippen molar-refractivity contribution >= 4 is 5.82 Å². The van der Waals surface area contributed by atoms with E-state index in [1.165, 1.54) is 20.1 Å². The van der Waals surface area contributed by atoms with Crippen LogP contribution in [0.15, 0.2) is 6.07 Å². The number of aromatic nitrogens is 1. The number of alkyl halides is 2. The van der Waals surface area contributed by atoms with Gasteiger partial charge in [-0.05, 0) is 6.92 Å². The first-order valence-electron chi connectivity index (χ1n) is 3.65. The Morgan fingerprint density at radius 2 is 2.15 bits per heavy atom. The smallest absolute Gasteiger partial charge is 0.269 e. The fourth-order valence-electron chi connectivity index (χ4n) is 1.11. The van der Waals surface area contributed by atoms with Gasteiger partial charge in [0.25, 0.3) is 6.43 Å². The van der Waals surface area contributed by atoms with Gasteiger partial charge in [-0.2, -0.15) is 0 Å². The Balaban J connectivity index is 3.30. The summed E-state index contributed by atoms with van der Waals surface area (Å²) in [7, 11) is 1.32. The van der Waals surface area contributed by atoms with Gasteiger partial charge in [0.2, 0.25) is 0 Å². The SMILES string of the molecule is COc1cc(N)nc(C)c1C(F)F. The van der Waals surface area contributed by atoms with Crippen LogP contribution in [0, 0.1) is 6.92 Å². The van der Waals surface area contributed by atoms with Crippen molar-refractivity contribution < 1.29 is 13.5 Å². The fourth-order valence-corrected chi connectivity index (χ4v) is 1.11. The molecule has 72 valence electrons. The highest BCUT2D eigenvalue weighted by molar-refractivity contribution is 5.46. The van der Waals surface area contributed by atoms with Gasteiger partial charge in [-0.1, -0.05) is 0 Å². The minimum absolute atomic E-state index is 0.0833. The molecule has 0 radical (unpaired) electrons. The average molecular weight is 188 g/mol. The molecule has 3 nitrogen and oxygen atoms in total. The Hall–Kier alpha value is -1.39. The van der Waals surface area contributed by atoms with Gasteiger partial charge in [-0.3, -0.25) is 0 Å². The molecular weight excluding hydrogens is 178 g/mol. The normalized spacial score (nSPS) is 10.5.